The molecule has 0 aliphatic rings. The molecule has 0 bridgehead atoms. The van der Waals surface area contributed by atoms with Crippen LogP contribution in [0.25, 0.3) is 0 Å². The van der Waals surface area contributed by atoms with E-state index in [1.54, 1.807) is 13.2 Å². The van der Waals surface area contributed by atoms with E-state index in [4.69, 9.17) is 4.74 Å². The third kappa shape index (κ3) is 5.41. The molecule has 0 atom stereocenters. The highest BCUT2D eigenvalue weighted by Crippen LogP contribution is 2.13. The Morgan fingerprint density at radius 1 is 1.08 bits per heavy atom. The van der Waals surface area contributed by atoms with Gasteiger partial charge in [0.2, 0.25) is 0 Å². The SMILES string of the molecule is Cn1cc(CNCc2cccc(COC(C)(C)C)c2)c(=O)n(C)c1=O. The van der Waals surface area contributed by atoms with E-state index in [-0.39, 0.29) is 16.9 Å². The van der Waals surface area contributed by atoms with Crippen molar-refractivity contribution in [2.75, 3.05) is 0 Å². The number of benzene rings is 1. The standard InChI is InChI=1S/C19H27N3O3/c1-19(2,3)25-13-15-8-6-7-14(9-15)10-20-11-16-12-21(4)18(24)22(5)17(16)23/h6-9,12,20H,10-11,13H2,1-5H3. The maximum absolute atomic E-state index is 12.1. The first-order valence-corrected chi connectivity index (χ1v) is 8.35. The molecule has 0 saturated heterocycles. The van der Waals surface area contributed by atoms with E-state index < -0.39 is 0 Å². The highest BCUT2D eigenvalue weighted by molar-refractivity contribution is 5.23. The maximum atomic E-state index is 12.1. The number of hydrogen-bond acceptors (Lipinski definition) is 4. The lowest BCUT2D eigenvalue weighted by molar-refractivity contribution is -0.0149. The Morgan fingerprint density at radius 3 is 2.44 bits per heavy atom. The largest absolute Gasteiger partial charge is 0.371 e. The summed E-state index contributed by atoms with van der Waals surface area (Å²) in [6, 6.07) is 8.17. The van der Waals surface area contributed by atoms with Crippen LogP contribution in [-0.2, 0) is 38.5 Å². The van der Waals surface area contributed by atoms with E-state index >= 15 is 0 Å². The molecule has 0 unspecified atom stereocenters. The summed E-state index contributed by atoms with van der Waals surface area (Å²) in [6.07, 6.45) is 1.59. The minimum atomic E-state index is -0.319. The van der Waals surface area contributed by atoms with Gasteiger partial charge < -0.3 is 14.6 Å². The molecule has 0 radical (unpaired) electrons. The normalized spacial score (nSPS) is 11.7. The van der Waals surface area contributed by atoms with E-state index in [1.165, 1.54) is 11.6 Å². The first-order valence-electron chi connectivity index (χ1n) is 8.35. The zero-order chi connectivity index (χ0) is 18.6. The fourth-order valence-electron chi connectivity index (χ4n) is 2.48. The third-order valence-electron chi connectivity index (χ3n) is 3.83. The topological polar surface area (TPSA) is 65.3 Å². The molecule has 6 nitrogen and oxygen atoms in total. The Hall–Kier alpha value is -2.18. The van der Waals surface area contributed by atoms with Crippen molar-refractivity contribution in [2.24, 2.45) is 14.1 Å². The Kier molecular flexibility index (Phi) is 5.98. The van der Waals surface area contributed by atoms with Crippen molar-refractivity contribution in [3.63, 3.8) is 0 Å². The molecule has 0 aliphatic heterocycles. The van der Waals surface area contributed by atoms with E-state index in [2.05, 4.69) is 11.4 Å². The number of aryl methyl sites for hydroxylation is 1. The van der Waals surface area contributed by atoms with Crippen LogP contribution in [0.4, 0.5) is 0 Å². The van der Waals surface area contributed by atoms with Crippen LogP contribution >= 0.6 is 0 Å². The molecule has 136 valence electrons. The van der Waals surface area contributed by atoms with E-state index in [0.29, 0.717) is 25.3 Å². The number of nitrogens with zero attached hydrogens (tertiary/aromatic N) is 2. The van der Waals surface area contributed by atoms with Crippen LogP contribution in [0.15, 0.2) is 40.1 Å². The van der Waals surface area contributed by atoms with E-state index in [0.717, 1.165) is 15.7 Å². The first-order chi connectivity index (χ1) is 11.7. The minimum absolute atomic E-state index is 0.169. The number of aromatic nitrogens is 2. The van der Waals surface area contributed by atoms with Crippen LogP contribution in [0.2, 0.25) is 0 Å². The molecule has 2 rings (SSSR count). The summed E-state index contributed by atoms with van der Waals surface area (Å²) in [6.45, 7) is 7.71. The summed E-state index contributed by atoms with van der Waals surface area (Å²) < 4.78 is 8.35. The van der Waals surface area contributed by atoms with Gasteiger partial charge in [0.15, 0.2) is 0 Å². The molecule has 1 aromatic carbocycles. The Balaban J connectivity index is 1.99. The van der Waals surface area contributed by atoms with Gasteiger partial charge in [-0.2, -0.15) is 0 Å². The molecule has 0 saturated carbocycles. The van der Waals surface area contributed by atoms with Crippen molar-refractivity contribution in [1.29, 1.82) is 0 Å². The zero-order valence-corrected chi connectivity index (χ0v) is 15.6. The van der Waals surface area contributed by atoms with Gasteiger partial charge in [-0.1, -0.05) is 24.3 Å². The summed E-state index contributed by atoms with van der Waals surface area (Å²) in [5.74, 6) is 0. The van der Waals surface area contributed by atoms with Crippen molar-refractivity contribution in [3.8, 4) is 0 Å². The highest BCUT2D eigenvalue weighted by atomic mass is 16.5. The third-order valence-corrected chi connectivity index (χ3v) is 3.83. The highest BCUT2D eigenvalue weighted by Gasteiger charge is 2.10. The van der Waals surface area contributed by atoms with Crippen molar-refractivity contribution in [1.82, 2.24) is 14.5 Å². The Morgan fingerprint density at radius 2 is 1.76 bits per heavy atom. The Labute approximate surface area is 148 Å². The second-order valence-corrected chi connectivity index (χ2v) is 7.24. The number of rotatable bonds is 6. The molecule has 1 heterocycles. The quantitative estimate of drug-likeness (QED) is 0.865. The fraction of sp³-hybridized carbons (Fsp3) is 0.474. The molecule has 25 heavy (non-hydrogen) atoms. The molecule has 0 spiro atoms. The lowest BCUT2D eigenvalue weighted by atomic mass is 10.1. The molecular weight excluding hydrogens is 318 g/mol. The predicted molar refractivity (Wildman–Crippen MR) is 98.5 cm³/mol. The number of nitrogens with one attached hydrogen (secondary N) is 1. The molecular formula is C19H27N3O3. The van der Waals surface area contributed by atoms with Crippen LogP contribution in [0, 0.1) is 0 Å². The van der Waals surface area contributed by atoms with Crippen LogP contribution in [0.1, 0.15) is 37.5 Å². The van der Waals surface area contributed by atoms with Crippen LogP contribution in [-0.4, -0.2) is 14.7 Å². The van der Waals surface area contributed by atoms with Crippen molar-refractivity contribution >= 4 is 0 Å². The molecule has 0 amide bonds. The van der Waals surface area contributed by atoms with Gasteiger partial charge in [-0.25, -0.2) is 4.79 Å². The summed E-state index contributed by atoms with van der Waals surface area (Å²) in [4.78, 5) is 23.8. The van der Waals surface area contributed by atoms with Crippen LogP contribution < -0.4 is 16.6 Å². The van der Waals surface area contributed by atoms with Gasteiger partial charge in [0.1, 0.15) is 0 Å². The van der Waals surface area contributed by atoms with E-state index in [9.17, 15) is 9.59 Å². The van der Waals surface area contributed by atoms with Crippen molar-refractivity contribution in [3.05, 3.63) is 68.0 Å². The molecule has 0 aliphatic carbocycles. The maximum Gasteiger partial charge on any atom is 0.330 e. The van der Waals surface area contributed by atoms with Gasteiger partial charge in [0, 0.05) is 38.9 Å². The first kappa shape index (κ1) is 19.1. The summed E-state index contributed by atoms with van der Waals surface area (Å²) in [5.41, 5.74) is 2.06. The summed E-state index contributed by atoms with van der Waals surface area (Å²) in [7, 11) is 3.14. The summed E-state index contributed by atoms with van der Waals surface area (Å²) >= 11 is 0. The predicted octanol–water partition coefficient (Wildman–Crippen LogP) is 1.69. The van der Waals surface area contributed by atoms with Gasteiger partial charge in [-0.3, -0.25) is 9.36 Å². The summed E-state index contributed by atoms with van der Waals surface area (Å²) in [5, 5.41) is 3.26. The average molecular weight is 345 g/mol. The van der Waals surface area contributed by atoms with Gasteiger partial charge in [0.05, 0.1) is 12.2 Å². The number of hydrogen-bond donors (Lipinski definition) is 1. The van der Waals surface area contributed by atoms with Crippen molar-refractivity contribution < 1.29 is 4.74 Å². The fourth-order valence-corrected chi connectivity index (χ4v) is 2.48. The van der Waals surface area contributed by atoms with Gasteiger partial charge in [0.25, 0.3) is 5.56 Å². The lowest BCUT2D eigenvalue weighted by Gasteiger charge is -2.19. The molecule has 6 heteroatoms. The smallest absolute Gasteiger partial charge is 0.330 e. The lowest BCUT2D eigenvalue weighted by Crippen LogP contribution is -2.39. The monoisotopic (exact) mass is 345 g/mol. The number of ether oxygens (including phenoxy) is 1. The van der Waals surface area contributed by atoms with Crippen molar-refractivity contribution in [2.45, 2.75) is 46.1 Å². The molecule has 1 aromatic heterocycles. The minimum Gasteiger partial charge on any atom is -0.371 e. The molecule has 1 N–H and O–H groups in total. The Bertz CT molecular complexity index is 844. The van der Waals surface area contributed by atoms with Gasteiger partial charge in [-0.15, -0.1) is 0 Å². The van der Waals surface area contributed by atoms with Gasteiger partial charge in [-0.05, 0) is 31.9 Å². The van der Waals surface area contributed by atoms with Crippen LogP contribution in [0.3, 0.4) is 0 Å². The second-order valence-electron chi connectivity index (χ2n) is 7.24. The van der Waals surface area contributed by atoms with Gasteiger partial charge >= 0.3 is 5.69 Å². The zero-order valence-electron chi connectivity index (χ0n) is 15.6. The average Bonchev–Trinajstić information content (AvgIpc) is 2.55. The molecule has 2 aromatic rings. The second kappa shape index (κ2) is 7.80. The van der Waals surface area contributed by atoms with Crippen LogP contribution in [0.5, 0.6) is 0 Å². The molecule has 0 fully saturated rings. The van der Waals surface area contributed by atoms with E-state index in [1.807, 2.05) is 39.0 Å².